The number of benzene rings is 2. The summed E-state index contributed by atoms with van der Waals surface area (Å²) in [6.45, 7) is 1.79. The number of anilines is 1. The second-order valence-electron chi connectivity index (χ2n) is 4.73. The minimum Gasteiger partial charge on any atom is -0.344 e. The Morgan fingerprint density at radius 2 is 1.91 bits per heavy atom. The van der Waals surface area contributed by atoms with E-state index in [0.717, 1.165) is 11.6 Å². The van der Waals surface area contributed by atoms with Crippen LogP contribution >= 0.6 is 11.6 Å². The average Bonchev–Trinajstić information content (AvgIpc) is 2.48. The molecule has 0 atom stereocenters. The van der Waals surface area contributed by atoms with E-state index in [1.807, 2.05) is 0 Å². The smallest absolute Gasteiger partial charge is 0.313 e. The Balaban J connectivity index is 1.92. The van der Waals surface area contributed by atoms with Gasteiger partial charge in [-0.2, -0.15) is 0 Å². The number of rotatable bonds is 3. The van der Waals surface area contributed by atoms with Crippen LogP contribution in [-0.4, -0.2) is 11.8 Å². The zero-order valence-corrected chi connectivity index (χ0v) is 12.6. The lowest BCUT2D eigenvalue weighted by Crippen LogP contribution is -2.34. The Kier molecular flexibility index (Phi) is 5.12. The molecular weight excluding hydrogens is 307 g/mol. The van der Waals surface area contributed by atoms with Crippen molar-refractivity contribution in [2.24, 2.45) is 0 Å². The van der Waals surface area contributed by atoms with Crippen molar-refractivity contribution in [2.45, 2.75) is 13.5 Å². The maximum Gasteiger partial charge on any atom is 0.313 e. The summed E-state index contributed by atoms with van der Waals surface area (Å²) < 4.78 is 13.4. The molecule has 2 aromatic carbocycles. The number of hydrogen-bond acceptors (Lipinski definition) is 2. The van der Waals surface area contributed by atoms with Gasteiger partial charge in [-0.3, -0.25) is 9.59 Å². The van der Waals surface area contributed by atoms with Gasteiger partial charge in [0.1, 0.15) is 5.82 Å². The number of nitrogens with one attached hydrogen (secondary N) is 2. The molecule has 0 aliphatic heterocycles. The normalized spacial score (nSPS) is 10.1. The molecule has 2 N–H and O–H groups in total. The molecule has 4 nitrogen and oxygen atoms in total. The molecule has 0 saturated heterocycles. The average molecular weight is 321 g/mol. The van der Waals surface area contributed by atoms with E-state index in [4.69, 9.17) is 11.6 Å². The zero-order valence-electron chi connectivity index (χ0n) is 11.8. The fourth-order valence-electron chi connectivity index (χ4n) is 1.77. The van der Waals surface area contributed by atoms with Gasteiger partial charge in [0, 0.05) is 17.3 Å². The molecule has 0 heterocycles. The number of amides is 2. The Morgan fingerprint density at radius 3 is 2.59 bits per heavy atom. The molecule has 0 fully saturated rings. The third kappa shape index (κ3) is 4.30. The quantitative estimate of drug-likeness (QED) is 0.854. The summed E-state index contributed by atoms with van der Waals surface area (Å²) in [5.74, 6) is -2.11. The van der Waals surface area contributed by atoms with Crippen molar-refractivity contribution in [3.8, 4) is 0 Å². The molecule has 0 aromatic heterocycles. The van der Waals surface area contributed by atoms with Crippen LogP contribution in [0.15, 0.2) is 42.5 Å². The van der Waals surface area contributed by atoms with Crippen molar-refractivity contribution >= 4 is 29.1 Å². The van der Waals surface area contributed by atoms with E-state index in [2.05, 4.69) is 10.6 Å². The maximum absolute atomic E-state index is 13.4. The van der Waals surface area contributed by atoms with Crippen LogP contribution in [0.1, 0.15) is 11.1 Å². The van der Waals surface area contributed by atoms with Crippen molar-refractivity contribution in [2.75, 3.05) is 5.32 Å². The highest BCUT2D eigenvalue weighted by atomic mass is 35.5. The number of halogens is 2. The first kappa shape index (κ1) is 16.0. The number of carbonyl (C=O) groups is 2. The van der Waals surface area contributed by atoms with Crippen LogP contribution in [0, 0.1) is 12.7 Å². The summed E-state index contributed by atoms with van der Waals surface area (Å²) in [4.78, 5) is 23.4. The van der Waals surface area contributed by atoms with Gasteiger partial charge in [-0.1, -0.05) is 29.8 Å². The van der Waals surface area contributed by atoms with Crippen LogP contribution in [0.25, 0.3) is 0 Å². The molecular formula is C16H14ClFN2O2. The van der Waals surface area contributed by atoms with Gasteiger partial charge in [-0.15, -0.1) is 0 Å². The van der Waals surface area contributed by atoms with Gasteiger partial charge in [0.2, 0.25) is 0 Å². The summed E-state index contributed by atoms with van der Waals surface area (Å²) in [5, 5.41) is 5.36. The topological polar surface area (TPSA) is 58.2 Å². The molecule has 0 spiro atoms. The predicted octanol–water partition coefficient (Wildman–Crippen LogP) is 3.04. The molecule has 2 rings (SSSR count). The first-order valence-electron chi connectivity index (χ1n) is 6.55. The molecule has 0 aliphatic carbocycles. The van der Waals surface area contributed by atoms with Gasteiger partial charge < -0.3 is 10.6 Å². The van der Waals surface area contributed by atoms with Gasteiger partial charge in [0.05, 0.1) is 0 Å². The molecule has 0 bridgehead atoms. The van der Waals surface area contributed by atoms with Crippen LogP contribution in [0.2, 0.25) is 5.02 Å². The largest absolute Gasteiger partial charge is 0.344 e. The summed E-state index contributed by atoms with van der Waals surface area (Å²) in [6.07, 6.45) is 0. The van der Waals surface area contributed by atoms with Gasteiger partial charge in [0.25, 0.3) is 0 Å². The van der Waals surface area contributed by atoms with Crippen molar-refractivity contribution in [3.05, 3.63) is 64.4 Å². The highest BCUT2D eigenvalue weighted by molar-refractivity contribution is 6.39. The summed E-state index contributed by atoms with van der Waals surface area (Å²) in [7, 11) is 0. The minimum absolute atomic E-state index is 0.176. The predicted molar refractivity (Wildman–Crippen MR) is 83.1 cm³/mol. The molecule has 0 aliphatic rings. The fraction of sp³-hybridized carbons (Fsp3) is 0.125. The van der Waals surface area contributed by atoms with E-state index in [0.29, 0.717) is 10.6 Å². The molecule has 2 amide bonds. The monoisotopic (exact) mass is 320 g/mol. The van der Waals surface area contributed by atoms with Crippen LogP contribution in [0.3, 0.4) is 0 Å². The van der Waals surface area contributed by atoms with E-state index in [-0.39, 0.29) is 12.2 Å². The summed E-state index contributed by atoms with van der Waals surface area (Å²) >= 11 is 5.83. The van der Waals surface area contributed by atoms with E-state index in [1.165, 1.54) is 12.1 Å². The van der Waals surface area contributed by atoms with Gasteiger partial charge >= 0.3 is 11.8 Å². The SMILES string of the molecule is Cc1ccc(NC(=O)C(=O)NCc2cccc(Cl)c2)cc1F. The third-order valence-corrected chi connectivity index (χ3v) is 3.21. The van der Waals surface area contributed by atoms with Gasteiger partial charge in [0.15, 0.2) is 0 Å². The second-order valence-corrected chi connectivity index (χ2v) is 5.17. The van der Waals surface area contributed by atoms with E-state index in [9.17, 15) is 14.0 Å². The Labute approximate surface area is 132 Å². The first-order valence-corrected chi connectivity index (χ1v) is 6.93. The lowest BCUT2D eigenvalue weighted by atomic mass is 10.2. The van der Waals surface area contributed by atoms with E-state index < -0.39 is 17.6 Å². The van der Waals surface area contributed by atoms with Crippen molar-refractivity contribution < 1.29 is 14.0 Å². The van der Waals surface area contributed by atoms with Crippen molar-refractivity contribution in [1.82, 2.24) is 5.32 Å². The Morgan fingerprint density at radius 1 is 1.14 bits per heavy atom. The molecule has 0 saturated carbocycles. The zero-order chi connectivity index (χ0) is 16.1. The van der Waals surface area contributed by atoms with E-state index in [1.54, 1.807) is 31.2 Å². The molecule has 114 valence electrons. The summed E-state index contributed by atoms with van der Waals surface area (Å²) in [6, 6.07) is 11.1. The Bertz CT molecular complexity index is 719. The lowest BCUT2D eigenvalue weighted by molar-refractivity contribution is -0.136. The maximum atomic E-state index is 13.4. The van der Waals surface area contributed by atoms with Crippen LogP contribution in [0.4, 0.5) is 10.1 Å². The number of carbonyl (C=O) groups excluding carboxylic acids is 2. The van der Waals surface area contributed by atoms with Gasteiger partial charge in [-0.05, 0) is 42.3 Å². The molecule has 2 aromatic rings. The van der Waals surface area contributed by atoms with Crippen LogP contribution in [-0.2, 0) is 16.1 Å². The highest BCUT2D eigenvalue weighted by Gasteiger charge is 2.14. The first-order chi connectivity index (χ1) is 10.5. The third-order valence-electron chi connectivity index (χ3n) is 2.98. The van der Waals surface area contributed by atoms with Crippen LogP contribution < -0.4 is 10.6 Å². The standard InChI is InChI=1S/C16H14ClFN2O2/c1-10-5-6-13(8-14(10)18)20-16(22)15(21)19-9-11-3-2-4-12(17)7-11/h2-8H,9H2,1H3,(H,19,21)(H,20,22). The molecule has 6 heteroatoms. The van der Waals surface area contributed by atoms with Crippen LogP contribution in [0.5, 0.6) is 0 Å². The second kappa shape index (κ2) is 7.04. The number of aryl methyl sites for hydroxylation is 1. The summed E-state index contributed by atoms with van der Waals surface area (Å²) in [5.41, 5.74) is 1.46. The van der Waals surface area contributed by atoms with E-state index >= 15 is 0 Å². The Hall–Kier alpha value is -2.40. The molecule has 22 heavy (non-hydrogen) atoms. The fourth-order valence-corrected chi connectivity index (χ4v) is 1.98. The lowest BCUT2D eigenvalue weighted by Gasteiger charge is -2.07. The minimum atomic E-state index is -0.856. The van der Waals surface area contributed by atoms with Gasteiger partial charge in [-0.25, -0.2) is 4.39 Å². The van der Waals surface area contributed by atoms with Crippen molar-refractivity contribution in [1.29, 1.82) is 0 Å². The molecule has 0 radical (unpaired) electrons. The number of hydrogen-bond donors (Lipinski definition) is 2. The van der Waals surface area contributed by atoms with Crippen molar-refractivity contribution in [3.63, 3.8) is 0 Å². The highest BCUT2D eigenvalue weighted by Crippen LogP contribution is 2.13. The molecule has 0 unspecified atom stereocenters.